The van der Waals surface area contributed by atoms with E-state index >= 15 is 0 Å². The molecule has 0 heterocycles. The topological polar surface area (TPSA) is 71.1 Å². The Balaban J connectivity index is 1.85. The maximum Gasteiger partial charge on any atom is 0.416 e. The van der Waals surface area contributed by atoms with E-state index < -0.39 is 106 Å². The number of esters is 2. The van der Waals surface area contributed by atoms with Crippen molar-refractivity contribution in [3.8, 4) is 44.9 Å². The molecular formula is C44H30F12O6. The Labute approximate surface area is 343 Å². The van der Waals surface area contributed by atoms with Gasteiger partial charge in [0, 0.05) is 22.3 Å². The fraction of sp³-hybridized carbons (Fsp3) is 0.227. The molecule has 0 saturated heterocycles. The van der Waals surface area contributed by atoms with Gasteiger partial charge >= 0.3 is 36.6 Å². The molecule has 62 heavy (non-hydrogen) atoms. The van der Waals surface area contributed by atoms with Crippen molar-refractivity contribution in [1.82, 2.24) is 0 Å². The van der Waals surface area contributed by atoms with Gasteiger partial charge in [-0.2, -0.15) is 52.7 Å². The molecule has 0 saturated carbocycles. The third kappa shape index (κ3) is 9.68. The molecule has 0 N–H and O–H groups in total. The Kier molecular flexibility index (Phi) is 12.5. The number of benzene rings is 6. The number of alkyl halides is 12. The molecule has 0 aliphatic rings. The number of carbonyl (C=O) groups is 2. The summed E-state index contributed by atoms with van der Waals surface area (Å²) in [5.41, 5.74) is -9.77. The van der Waals surface area contributed by atoms with Gasteiger partial charge in [-0.15, -0.1) is 0 Å². The van der Waals surface area contributed by atoms with E-state index in [1.54, 1.807) is 0 Å². The fourth-order valence-electron chi connectivity index (χ4n) is 6.77. The van der Waals surface area contributed by atoms with Crippen LogP contribution in [0.15, 0.2) is 97.1 Å². The van der Waals surface area contributed by atoms with Gasteiger partial charge in [0.1, 0.15) is 11.5 Å². The summed E-state index contributed by atoms with van der Waals surface area (Å²) in [7, 11) is 0. The molecule has 0 aromatic heterocycles. The monoisotopic (exact) mass is 882 g/mol. The van der Waals surface area contributed by atoms with Crippen LogP contribution in [0.1, 0.15) is 36.1 Å². The summed E-state index contributed by atoms with van der Waals surface area (Å²) >= 11 is 0. The zero-order chi connectivity index (χ0) is 45.4. The van der Waals surface area contributed by atoms with Gasteiger partial charge in [-0.3, -0.25) is 0 Å². The number of halogens is 12. The Morgan fingerprint density at radius 1 is 0.452 bits per heavy atom. The highest BCUT2D eigenvalue weighted by molar-refractivity contribution is 6.14. The van der Waals surface area contributed by atoms with E-state index in [0.717, 1.165) is 0 Å². The quantitative estimate of drug-likeness (QED) is 0.0953. The summed E-state index contributed by atoms with van der Waals surface area (Å²) in [6.07, 6.45) is -21.3. The maximum atomic E-state index is 14.3. The number of hydrogen-bond acceptors (Lipinski definition) is 6. The molecule has 0 amide bonds. The van der Waals surface area contributed by atoms with Crippen LogP contribution in [0.2, 0.25) is 0 Å². The second kappa shape index (κ2) is 17.1. The lowest BCUT2D eigenvalue weighted by molar-refractivity contribution is -0.146. The average molecular weight is 883 g/mol. The molecule has 0 aliphatic carbocycles. The average Bonchev–Trinajstić information content (AvgIpc) is 3.20. The van der Waals surface area contributed by atoms with Crippen LogP contribution in [0.4, 0.5) is 52.7 Å². The zero-order valence-corrected chi connectivity index (χ0v) is 32.1. The Hall–Kier alpha value is -6.46. The van der Waals surface area contributed by atoms with E-state index in [-0.39, 0.29) is 58.0 Å². The SMILES string of the molecule is CCOC(=O)COc1c(-c2cc(C(F)(F)F)cc(C(F)(F)F)c2)cc2ccccc2c1-c1c(OCC(=O)OCC)c(-c2cc(C(F)(F)F)cc(C(F)(F)F)c2)cc2ccccc12. The van der Waals surface area contributed by atoms with Crippen molar-refractivity contribution in [2.75, 3.05) is 26.4 Å². The van der Waals surface area contributed by atoms with Crippen molar-refractivity contribution in [1.29, 1.82) is 0 Å². The van der Waals surface area contributed by atoms with Gasteiger partial charge in [0.2, 0.25) is 0 Å². The summed E-state index contributed by atoms with van der Waals surface area (Å²) in [6.45, 7) is 0.506. The van der Waals surface area contributed by atoms with Gasteiger partial charge in [-0.25, -0.2) is 9.59 Å². The normalized spacial score (nSPS) is 12.4. The highest BCUT2D eigenvalue weighted by Gasteiger charge is 2.39. The molecule has 6 aromatic rings. The first-order valence-electron chi connectivity index (χ1n) is 18.3. The van der Waals surface area contributed by atoms with Crippen LogP contribution in [-0.2, 0) is 43.8 Å². The maximum absolute atomic E-state index is 14.3. The Morgan fingerprint density at radius 3 is 1.05 bits per heavy atom. The molecule has 0 fully saturated rings. The van der Waals surface area contributed by atoms with Crippen LogP contribution in [0, 0.1) is 0 Å². The Morgan fingerprint density at radius 2 is 0.758 bits per heavy atom. The van der Waals surface area contributed by atoms with Crippen molar-refractivity contribution in [2.45, 2.75) is 38.6 Å². The van der Waals surface area contributed by atoms with Crippen molar-refractivity contribution in [2.24, 2.45) is 0 Å². The van der Waals surface area contributed by atoms with E-state index in [9.17, 15) is 62.3 Å². The zero-order valence-electron chi connectivity index (χ0n) is 32.1. The Bertz CT molecular complexity index is 2420. The minimum atomic E-state index is -5.32. The lowest BCUT2D eigenvalue weighted by Gasteiger charge is -2.25. The van der Waals surface area contributed by atoms with E-state index in [1.165, 1.54) is 74.5 Å². The van der Waals surface area contributed by atoms with Crippen LogP contribution < -0.4 is 9.47 Å². The smallest absolute Gasteiger partial charge is 0.416 e. The highest BCUT2D eigenvalue weighted by atomic mass is 19.4. The van der Waals surface area contributed by atoms with Crippen molar-refractivity contribution in [3.63, 3.8) is 0 Å². The van der Waals surface area contributed by atoms with E-state index in [2.05, 4.69) is 0 Å². The van der Waals surface area contributed by atoms with Gasteiger partial charge in [0.25, 0.3) is 0 Å². The minimum Gasteiger partial charge on any atom is -0.481 e. The fourth-order valence-corrected chi connectivity index (χ4v) is 6.77. The minimum absolute atomic E-state index is 0.0986. The van der Waals surface area contributed by atoms with Crippen molar-refractivity contribution in [3.05, 3.63) is 119 Å². The second-order valence-electron chi connectivity index (χ2n) is 13.5. The molecule has 18 heteroatoms. The predicted molar refractivity (Wildman–Crippen MR) is 202 cm³/mol. The van der Waals surface area contributed by atoms with Gasteiger partial charge < -0.3 is 18.9 Å². The number of fused-ring (bicyclic) bond motifs is 2. The van der Waals surface area contributed by atoms with Gasteiger partial charge in [-0.1, -0.05) is 48.5 Å². The summed E-state index contributed by atoms with van der Waals surface area (Å²) in [5, 5.41) is 0.440. The van der Waals surface area contributed by atoms with Crippen molar-refractivity contribution < 1.29 is 81.2 Å². The van der Waals surface area contributed by atoms with E-state index in [1.807, 2.05) is 0 Å². The summed E-state index contributed by atoms with van der Waals surface area (Å²) < 4.78 is 193. The van der Waals surface area contributed by atoms with Gasteiger partial charge in [-0.05, 0) is 95.1 Å². The standard InChI is InChI=1S/C44H30F12O6/c1-3-59-35(57)21-61-39-33(25-13-27(41(45,46)47)19-28(14-25)42(48,49)50)17-23-9-5-7-11-31(23)37(39)38-32-12-8-6-10-24(32)18-34(40(38)62-22-36(58)60-4-2)26-15-29(43(51,52)53)20-30(16-26)44(54,55)56/h5-20H,3-4,21-22H2,1-2H3. The molecule has 0 unspecified atom stereocenters. The number of ether oxygens (including phenoxy) is 4. The first-order chi connectivity index (χ1) is 29.0. The third-order valence-corrected chi connectivity index (χ3v) is 9.33. The first-order valence-corrected chi connectivity index (χ1v) is 18.3. The van der Waals surface area contributed by atoms with Crippen LogP contribution in [0.3, 0.4) is 0 Å². The molecule has 6 aromatic carbocycles. The molecule has 0 radical (unpaired) electrons. The molecular weight excluding hydrogens is 852 g/mol. The van der Waals surface area contributed by atoms with E-state index in [4.69, 9.17) is 18.9 Å². The molecule has 326 valence electrons. The number of hydrogen-bond donors (Lipinski definition) is 0. The summed E-state index contributed by atoms with van der Waals surface area (Å²) in [4.78, 5) is 25.7. The molecule has 0 spiro atoms. The van der Waals surface area contributed by atoms with Gasteiger partial charge in [0.15, 0.2) is 13.2 Å². The van der Waals surface area contributed by atoms with Crippen molar-refractivity contribution >= 4 is 33.5 Å². The highest BCUT2D eigenvalue weighted by Crippen LogP contribution is 2.54. The molecule has 0 aliphatic heterocycles. The molecule has 6 nitrogen and oxygen atoms in total. The van der Waals surface area contributed by atoms with Crippen LogP contribution in [0.25, 0.3) is 54.9 Å². The summed E-state index contributed by atoms with van der Waals surface area (Å²) in [6, 6.07) is 15.4. The molecule has 0 atom stereocenters. The second-order valence-corrected chi connectivity index (χ2v) is 13.5. The van der Waals surface area contributed by atoms with E-state index in [0.29, 0.717) is 24.3 Å². The third-order valence-electron chi connectivity index (χ3n) is 9.33. The number of rotatable bonds is 11. The molecule has 6 rings (SSSR count). The van der Waals surface area contributed by atoms with Crippen LogP contribution >= 0.6 is 0 Å². The first kappa shape index (κ1) is 45.1. The lowest BCUT2D eigenvalue weighted by Crippen LogP contribution is -2.17. The molecule has 0 bridgehead atoms. The van der Waals surface area contributed by atoms with Crippen LogP contribution in [0.5, 0.6) is 11.5 Å². The van der Waals surface area contributed by atoms with Crippen LogP contribution in [-0.4, -0.2) is 38.4 Å². The lowest BCUT2D eigenvalue weighted by atomic mass is 9.85. The largest absolute Gasteiger partial charge is 0.481 e. The summed E-state index contributed by atoms with van der Waals surface area (Å²) in [5.74, 6) is -3.24. The van der Waals surface area contributed by atoms with Gasteiger partial charge in [0.05, 0.1) is 35.5 Å². The predicted octanol–water partition coefficient (Wildman–Crippen LogP) is 13.0. The number of carbonyl (C=O) groups excluding carboxylic acids is 2.